The molecule has 18 heavy (non-hydrogen) atoms. The van der Waals surface area contributed by atoms with Crippen molar-refractivity contribution in [1.29, 1.82) is 0 Å². The predicted molar refractivity (Wildman–Crippen MR) is 69.6 cm³/mol. The van der Waals surface area contributed by atoms with Crippen molar-refractivity contribution in [2.45, 2.75) is 26.3 Å². The normalized spacial score (nSPS) is 24.1. The highest BCUT2D eigenvalue weighted by atomic mass is 16.6. The molecule has 1 aromatic rings. The van der Waals surface area contributed by atoms with E-state index >= 15 is 0 Å². The monoisotopic (exact) mass is 250 g/mol. The molecule has 0 saturated carbocycles. The van der Waals surface area contributed by atoms with Crippen LogP contribution < -0.4 is 10.6 Å². The van der Waals surface area contributed by atoms with Crippen LogP contribution in [0.4, 0.5) is 11.5 Å². The Labute approximate surface area is 106 Å². The lowest BCUT2D eigenvalue weighted by atomic mass is 9.94. The summed E-state index contributed by atoms with van der Waals surface area (Å²) in [6.07, 6.45) is 2.34. The zero-order valence-corrected chi connectivity index (χ0v) is 10.7. The smallest absolute Gasteiger partial charge is 0.287 e. The Morgan fingerprint density at radius 3 is 2.89 bits per heavy atom. The number of nitrogens with two attached hydrogens (primary N) is 1. The van der Waals surface area contributed by atoms with Crippen molar-refractivity contribution in [2.75, 3.05) is 18.0 Å². The third-order valence-corrected chi connectivity index (χ3v) is 3.56. The van der Waals surface area contributed by atoms with Crippen molar-refractivity contribution in [3.63, 3.8) is 0 Å². The van der Waals surface area contributed by atoms with Gasteiger partial charge in [0.25, 0.3) is 5.69 Å². The van der Waals surface area contributed by atoms with Gasteiger partial charge < -0.3 is 10.6 Å². The molecule has 0 amide bonds. The molecule has 0 bridgehead atoms. The molecule has 2 unspecified atom stereocenters. The zero-order chi connectivity index (χ0) is 13.3. The third kappa shape index (κ3) is 2.43. The molecule has 6 nitrogen and oxygen atoms in total. The number of anilines is 1. The predicted octanol–water partition coefficient (Wildman–Crippen LogP) is 1.47. The van der Waals surface area contributed by atoms with Gasteiger partial charge in [-0.25, -0.2) is 4.98 Å². The maximum Gasteiger partial charge on any atom is 0.287 e. The standard InChI is InChI=1S/C12H18N4O2/c1-8-3-4-15(7-11(8)13)12-9(2)5-10(6-14-12)16(17)18/h5-6,8,11H,3-4,7,13H2,1-2H3. The molecule has 1 fully saturated rings. The topological polar surface area (TPSA) is 85.3 Å². The molecule has 1 aliphatic heterocycles. The molecule has 6 heteroatoms. The van der Waals surface area contributed by atoms with Crippen LogP contribution >= 0.6 is 0 Å². The highest BCUT2D eigenvalue weighted by molar-refractivity contribution is 5.50. The van der Waals surface area contributed by atoms with E-state index in [4.69, 9.17) is 5.73 Å². The summed E-state index contributed by atoms with van der Waals surface area (Å²) >= 11 is 0. The lowest BCUT2D eigenvalue weighted by molar-refractivity contribution is -0.385. The zero-order valence-electron chi connectivity index (χ0n) is 10.7. The molecular formula is C12H18N4O2. The van der Waals surface area contributed by atoms with Gasteiger partial charge in [-0.2, -0.15) is 0 Å². The summed E-state index contributed by atoms with van der Waals surface area (Å²) in [7, 11) is 0. The van der Waals surface area contributed by atoms with E-state index in [0.717, 1.165) is 30.9 Å². The van der Waals surface area contributed by atoms with Crippen LogP contribution in [-0.2, 0) is 0 Å². The second-order valence-corrected chi connectivity index (χ2v) is 4.97. The Morgan fingerprint density at radius 2 is 2.33 bits per heavy atom. The van der Waals surface area contributed by atoms with Crippen molar-refractivity contribution in [2.24, 2.45) is 11.7 Å². The molecule has 1 aromatic heterocycles. The summed E-state index contributed by atoms with van der Waals surface area (Å²) in [5, 5.41) is 10.7. The van der Waals surface area contributed by atoms with Gasteiger partial charge in [-0.15, -0.1) is 0 Å². The number of nitro groups is 1. The van der Waals surface area contributed by atoms with Crippen molar-refractivity contribution in [3.05, 3.63) is 27.9 Å². The van der Waals surface area contributed by atoms with Gasteiger partial charge in [0.1, 0.15) is 12.0 Å². The molecule has 2 N–H and O–H groups in total. The van der Waals surface area contributed by atoms with Gasteiger partial charge in [0.15, 0.2) is 0 Å². The first-order valence-electron chi connectivity index (χ1n) is 6.10. The average Bonchev–Trinajstić information content (AvgIpc) is 2.32. The lowest BCUT2D eigenvalue weighted by Crippen LogP contribution is -2.48. The first-order valence-corrected chi connectivity index (χ1v) is 6.10. The molecular weight excluding hydrogens is 232 g/mol. The Morgan fingerprint density at radius 1 is 1.61 bits per heavy atom. The van der Waals surface area contributed by atoms with Gasteiger partial charge in [-0.1, -0.05) is 6.92 Å². The van der Waals surface area contributed by atoms with E-state index in [1.807, 2.05) is 6.92 Å². The fourth-order valence-corrected chi connectivity index (χ4v) is 2.28. The molecule has 1 saturated heterocycles. The largest absolute Gasteiger partial charge is 0.355 e. The van der Waals surface area contributed by atoms with Crippen molar-refractivity contribution >= 4 is 11.5 Å². The third-order valence-electron chi connectivity index (χ3n) is 3.56. The second kappa shape index (κ2) is 4.89. The van der Waals surface area contributed by atoms with Gasteiger partial charge in [0.2, 0.25) is 0 Å². The minimum atomic E-state index is -0.423. The maximum atomic E-state index is 10.7. The van der Waals surface area contributed by atoms with E-state index in [-0.39, 0.29) is 11.7 Å². The SMILES string of the molecule is Cc1cc([N+](=O)[O-])cnc1N1CCC(C)C(N)C1. The van der Waals surface area contributed by atoms with Crippen LogP contribution in [0.25, 0.3) is 0 Å². The number of pyridine rings is 1. The molecule has 0 aliphatic carbocycles. The molecule has 0 spiro atoms. The second-order valence-electron chi connectivity index (χ2n) is 4.97. The molecule has 2 heterocycles. The van der Waals surface area contributed by atoms with Gasteiger partial charge in [-0.05, 0) is 24.8 Å². The fraction of sp³-hybridized carbons (Fsp3) is 0.583. The van der Waals surface area contributed by atoms with Gasteiger partial charge >= 0.3 is 0 Å². The van der Waals surface area contributed by atoms with E-state index in [1.165, 1.54) is 6.20 Å². The van der Waals surface area contributed by atoms with Crippen molar-refractivity contribution in [1.82, 2.24) is 4.98 Å². The van der Waals surface area contributed by atoms with Crippen LogP contribution in [0, 0.1) is 23.0 Å². The Balaban J connectivity index is 2.21. The van der Waals surface area contributed by atoms with Crippen molar-refractivity contribution < 1.29 is 4.92 Å². The molecule has 2 rings (SSSR count). The summed E-state index contributed by atoms with van der Waals surface area (Å²) in [4.78, 5) is 16.6. The Bertz CT molecular complexity index is 463. The molecule has 0 radical (unpaired) electrons. The number of hydrogen-bond acceptors (Lipinski definition) is 5. The fourth-order valence-electron chi connectivity index (χ4n) is 2.28. The number of aryl methyl sites for hydroxylation is 1. The highest BCUT2D eigenvalue weighted by Crippen LogP contribution is 2.25. The molecule has 0 aromatic carbocycles. The minimum absolute atomic E-state index is 0.0333. The summed E-state index contributed by atoms with van der Waals surface area (Å²) in [5.74, 6) is 1.32. The molecule has 2 atom stereocenters. The number of rotatable bonds is 2. The number of nitrogens with zero attached hydrogens (tertiary/aromatic N) is 3. The minimum Gasteiger partial charge on any atom is -0.355 e. The van der Waals surface area contributed by atoms with Gasteiger partial charge in [0, 0.05) is 25.2 Å². The summed E-state index contributed by atoms with van der Waals surface area (Å²) in [5.41, 5.74) is 6.91. The first-order chi connectivity index (χ1) is 8.49. The lowest BCUT2D eigenvalue weighted by Gasteiger charge is -2.36. The number of piperidine rings is 1. The van der Waals surface area contributed by atoms with Crippen LogP contribution in [-0.4, -0.2) is 29.0 Å². The van der Waals surface area contributed by atoms with Crippen molar-refractivity contribution in [3.8, 4) is 0 Å². The van der Waals surface area contributed by atoms with E-state index in [0.29, 0.717) is 5.92 Å². The summed E-state index contributed by atoms with van der Waals surface area (Å²) in [6.45, 7) is 5.66. The first kappa shape index (κ1) is 12.8. The molecule has 1 aliphatic rings. The van der Waals surface area contributed by atoms with Crippen LogP contribution in [0.15, 0.2) is 12.3 Å². The van der Waals surface area contributed by atoms with E-state index in [2.05, 4.69) is 16.8 Å². The van der Waals surface area contributed by atoms with Crippen LogP contribution in [0.2, 0.25) is 0 Å². The van der Waals surface area contributed by atoms with E-state index < -0.39 is 4.92 Å². The van der Waals surface area contributed by atoms with Crippen LogP contribution in [0.5, 0.6) is 0 Å². The summed E-state index contributed by atoms with van der Waals surface area (Å²) in [6, 6.07) is 1.70. The van der Waals surface area contributed by atoms with Crippen LogP contribution in [0.1, 0.15) is 18.9 Å². The quantitative estimate of drug-likeness (QED) is 0.634. The van der Waals surface area contributed by atoms with Crippen LogP contribution in [0.3, 0.4) is 0 Å². The molecule has 98 valence electrons. The number of hydrogen-bond donors (Lipinski definition) is 1. The highest BCUT2D eigenvalue weighted by Gasteiger charge is 2.25. The van der Waals surface area contributed by atoms with E-state index in [9.17, 15) is 10.1 Å². The summed E-state index contributed by atoms with van der Waals surface area (Å²) < 4.78 is 0. The number of aromatic nitrogens is 1. The maximum absolute atomic E-state index is 10.7. The van der Waals surface area contributed by atoms with Gasteiger partial charge in [0.05, 0.1) is 4.92 Å². The Kier molecular flexibility index (Phi) is 3.47. The van der Waals surface area contributed by atoms with Gasteiger partial charge in [-0.3, -0.25) is 10.1 Å². The van der Waals surface area contributed by atoms with E-state index in [1.54, 1.807) is 6.07 Å². The Hall–Kier alpha value is -1.69. The average molecular weight is 250 g/mol.